The van der Waals surface area contributed by atoms with Crippen LogP contribution in [0.25, 0.3) is 0 Å². The number of imidazole rings is 1. The summed E-state index contributed by atoms with van der Waals surface area (Å²) in [7, 11) is 1.91. The van der Waals surface area contributed by atoms with E-state index >= 15 is 0 Å². The Morgan fingerprint density at radius 1 is 1.31 bits per heavy atom. The van der Waals surface area contributed by atoms with Gasteiger partial charge in [-0.05, 0) is 32.3 Å². The van der Waals surface area contributed by atoms with Crippen LogP contribution < -0.4 is 5.32 Å². The summed E-state index contributed by atoms with van der Waals surface area (Å²) in [6.07, 6.45) is 8.14. The smallest absolute Gasteiger partial charge is 0.289 e. The molecule has 2 amide bonds. The highest BCUT2D eigenvalue weighted by Crippen LogP contribution is 2.40. The van der Waals surface area contributed by atoms with Crippen LogP contribution in [-0.4, -0.2) is 48.3 Å². The second-order valence-electron chi connectivity index (χ2n) is 7.05. The van der Waals surface area contributed by atoms with Crippen molar-refractivity contribution < 1.29 is 9.59 Å². The number of likely N-dealkylation sites (tertiary alicyclic amines) is 1. The summed E-state index contributed by atoms with van der Waals surface area (Å²) < 4.78 is 1.92. The van der Waals surface area contributed by atoms with E-state index in [1.54, 1.807) is 24.8 Å². The summed E-state index contributed by atoms with van der Waals surface area (Å²) in [6.45, 7) is 1.82. The van der Waals surface area contributed by atoms with Gasteiger partial charge in [-0.15, -0.1) is 0 Å². The SMILES string of the molecule is Cc1ccnc(C(=O)N[C@@H]2CCC(=O)N(C3CC3)[C@H]2c2cncn2C)n1. The van der Waals surface area contributed by atoms with Gasteiger partial charge in [0.25, 0.3) is 5.91 Å². The van der Waals surface area contributed by atoms with Crippen molar-refractivity contribution in [2.75, 3.05) is 0 Å². The van der Waals surface area contributed by atoms with E-state index in [9.17, 15) is 9.59 Å². The maximum Gasteiger partial charge on any atom is 0.289 e. The predicted molar refractivity (Wildman–Crippen MR) is 93.1 cm³/mol. The molecular weight excluding hydrogens is 332 g/mol. The summed E-state index contributed by atoms with van der Waals surface area (Å²) in [5, 5.41) is 3.06. The molecule has 2 aromatic rings. The van der Waals surface area contributed by atoms with Gasteiger partial charge in [-0.3, -0.25) is 9.59 Å². The van der Waals surface area contributed by atoms with E-state index in [2.05, 4.69) is 20.3 Å². The van der Waals surface area contributed by atoms with Crippen molar-refractivity contribution in [3.8, 4) is 0 Å². The molecule has 8 heteroatoms. The van der Waals surface area contributed by atoms with Gasteiger partial charge < -0.3 is 14.8 Å². The molecule has 1 aliphatic heterocycles. The lowest BCUT2D eigenvalue weighted by molar-refractivity contribution is -0.138. The summed E-state index contributed by atoms with van der Waals surface area (Å²) in [6, 6.07) is 1.60. The zero-order valence-electron chi connectivity index (χ0n) is 14.9. The molecule has 1 N–H and O–H groups in total. The van der Waals surface area contributed by atoms with Gasteiger partial charge in [-0.25, -0.2) is 15.0 Å². The second kappa shape index (κ2) is 6.51. The van der Waals surface area contributed by atoms with E-state index in [1.807, 2.05) is 23.4 Å². The van der Waals surface area contributed by atoms with Crippen LogP contribution >= 0.6 is 0 Å². The molecule has 1 saturated carbocycles. The van der Waals surface area contributed by atoms with Crippen molar-refractivity contribution in [1.82, 2.24) is 29.7 Å². The molecule has 4 rings (SSSR count). The number of amides is 2. The number of carbonyl (C=O) groups excluding carboxylic acids is 2. The summed E-state index contributed by atoms with van der Waals surface area (Å²) >= 11 is 0. The standard InChI is InChI=1S/C18H22N6O2/c1-11-7-8-20-17(21-11)18(26)22-13-5-6-15(25)24(12-3-4-12)16(13)14-9-19-10-23(14)2/h7-10,12-13,16H,3-6H2,1-2H3,(H,22,26)/t13-,16-/m1/s1. The Morgan fingerprint density at radius 3 is 2.77 bits per heavy atom. The summed E-state index contributed by atoms with van der Waals surface area (Å²) in [5.74, 6) is -0.00408. The lowest BCUT2D eigenvalue weighted by Gasteiger charge is -2.41. The van der Waals surface area contributed by atoms with E-state index in [1.165, 1.54) is 0 Å². The summed E-state index contributed by atoms with van der Waals surface area (Å²) in [5.41, 5.74) is 1.67. The predicted octanol–water partition coefficient (Wildman–Crippen LogP) is 1.14. The first kappa shape index (κ1) is 16.7. The molecular formula is C18H22N6O2. The average molecular weight is 354 g/mol. The quantitative estimate of drug-likeness (QED) is 0.889. The highest BCUT2D eigenvalue weighted by Gasteiger charge is 2.45. The van der Waals surface area contributed by atoms with Crippen LogP contribution in [0.1, 0.15) is 53.7 Å². The first-order valence-electron chi connectivity index (χ1n) is 8.92. The van der Waals surface area contributed by atoms with Crippen LogP contribution in [0.2, 0.25) is 0 Å². The molecule has 3 heterocycles. The minimum Gasteiger partial charge on any atom is -0.344 e. The maximum absolute atomic E-state index is 12.7. The third kappa shape index (κ3) is 3.07. The lowest BCUT2D eigenvalue weighted by atomic mass is 9.92. The fraction of sp³-hybridized carbons (Fsp3) is 0.500. The minimum atomic E-state index is -0.309. The molecule has 26 heavy (non-hydrogen) atoms. The van der Waals surface area contributed by atoms with Crippen molar-refractivity contribution in [2.24, 2.45) is 7.05 Å². The van der Waals surface area contributed by atoms with Crippen LogP contribution in [0.4, 0.5) is 0 Å². The van der Waals surface area contributed by atoms with E-state index < -0.39 is 0 Å². The number of nitrogens with one attached hydrogen (secondary N) is 1. The lowest BCUT2D eigenvalue weighted by Crippen LogP contribution is -2.53. The number of hydrogen-bond acceptors (Lipinski definition) is 5. The molecule has 0 unspecified atom stereocenters. The number of carbonyl (C=O) groups is 2. The van der Waals surface area contributed by atoms with E-state index in [4.69, 9.17) is 0 Å². The Hall–Kier alpha value is -2.77. The van der Waals surface area contributed by atoms with E-state index in [-0.39, 0.29) is 35.8 Å². The van der Waals surface area contributed by atoms with Crippen molar-refractivity contribution in [2.45, 2.75) is 50.7 Å². The topological polar surface area (TPSA) is 93.0 Å². The molecule has 0 spiro atoms. The molecule has 1 aliphatic carbocycles. The molecule has 0 bridgehead atoms. The molecule has 0 radical (unpaired) electrons. The molecule has 2 fully saturated rings. The van der Waals surface area contributed by atoms with Crippen LogP contribution in [0, 0.1) is 6.92 Å². The first-order chi connectivity index (χ1) is 12.5. The van der Waals surface area contributed by atoms with Crippen molar-refractivity contribution in [3.63, 3.8) is 0 Å². The van der Waals surface area contributed by atoms with Crippen molar-refractivity contribution in [1.29, 1.82) is 0 Å². The number of rotatable bonds is 4. The van der Waals surface area contributed by atoms with Crippen LogP contribution in [0.5, 0.6) is 0 Å². The average Bonchev–Trinajstić information content (AvgIpc) is 3.37. The normalized spacial score (nSPS) is 23.2. The van der Waals surface area contributed by atoms with Crippen LogP contribution in [0.3, 0.4) is 0 Å². The molecule has 0 aromatic carbocycles. The monoisotopic (exact) mass is 354 g/mol. The Labute approximate surface area is 151 Å². The Morgan fingerprint density at radius 2 is 2.12 bits per heavy atom. The van der Waals surface area contributed by atoms with Gasteiger partial charge in [-0.2, -0.15) is 0 Å². The zero-order valence-corrected chi connectivity index (χ0v) is 14.9. The number of aromatic nitrogens is 4. The second-order valence-corrected chi connectivity index (χ2v) is 7.05. The van der Waals surface area contributed by atoms with Gasteiger partial charge in [0.15, 0.2) is 0 Å². The third-order valence-corrected chi connectivity index (χ3v) is 5.05. The third-order valence-electron chi connectivity index (χ3n) is 5.05. The van der Waals surface area contributed by atoms with E-state index in [0.29, 0.717) is 12.8 Å². The van der Waals surface area contributed by atoms with E-state index in [0.717, 1.165) is 24.2 Å². The fourth-order valence-corrected chi connectivity index (χ4v) is 3.64. The molecule has 2 aliphatic rings. The fourth-order valence-electron chi connectivity index (χ4n) is 3.64. The Balaban J connectivity index is 1.63. The van der Waals surface area contributed by atoms with Gasteiger partial charge in [0.05, 0.1) is 30.3 Å². The van der Waals surface area contributed by atoms with Crippen molar-refractivity contribution >= 4 is 11.8 Å². The molecule has 8 nitrogen and oxygen atoms in total. The molecule has 2 aromatic heterocycles. The van der Waals surface area contributed by atoms with Gasteiger partial charge in [0.1, 0.15) is 0 Å². The number of aryl methyl sites for hydroxylation is 2. The van der Waals surface area contributed by atoms with Crippen LogP contribution in [-0.2, 0) is 11.8 Å². The molecule has 1 saturated heterocycles. The maximum atomic E-state index is 12.7. The number of hydrogen-bond donors (Lipinski definition) is 1. The first-order valence-corrected chi connectivity index (χ1v) is 8.92. The largest absolute Gasteiger partial charge is 0.344 e. The summed E-state index contributed by atoms with van der Waals surface area (Å²) in [4.78, 5) is 39.7. The van der Waals surface area contributed by atoms with Gasteiger partial charge in [-0.1, -0.05) is 0 Å². The van der Waals surface area contributed by atoms with Gasteiger partial charge >= 0.3 is 0 Å². The molecule has 2 atom stereocenters. The minimum absolute atomic E-state index is 0.149. The zero-order chi connectivity index (χ0) is 18.3. The van der Waals surface area contributed by atoms with Gasteiger partial charge in [0.2, 0.25) is 11.7 Å². The van der Waals surface area contributed by atoms with Crippen LogP contribution in [0.15, 0.2) is 24.8 Å². The Bertz CT molecular complexity index is 844. The Kier molecular flexibility index (Phi) is 4.18. The number of nitrogens with zero attached hydrogens (tertiary/aromatic N) is 5. The molecule has 136 valence electrons. The highest BCUT2D eigenvalue weighted by atomic mass is 16.2. The highest BCUT2D eigenvalue weighted by molar-refractivity contribution is 5.91. The van der Waals surface area contributed by atoms with Gasteiger partial charge in [0, 0.05) is 31.4 Å². The van der Waals surface area contributed by atoms with Crippen molar-refractivity contribution in [3.05, 3.63) is 42.0 Å². The number of piperidine rings is 1.